The molecule has 0 aliphatic heterocycles. The lowest BCUT2D eigenvalue weighted by Gasteiger charge is -2.09. The number of carbonyl (C=O) groups is 1. The molecule has 1 heterocycles. The number of amides is 2. The van der Waals surface area contributed by atoms with Gasteiger partial charge in [0.1, 0.15) is 5.75 Å². The van der Waals surface area contributed by atoms with Gasteiger partial charge in [0, 0.05) is 24.5 Å². The SMILES string of the molecule is COc1cccc(NC(=O)NCCn2ccc(C(F)(F)F)n2)c1. The van der Waals surface area contributed by atoms with Crippen LogP contribution < -0.4 is 15.4 Å². The summed E-state index contributed by atoms with van der Waals surface area (Å²) in [5.74, 6) is 0.596. The second-order valence-corrected chi connectivity index (χ2v) is 4.57. The van der Waals surface area contributed by atoms with Crippen LogP contribution in [0.2, 0.25) is 0 Å². The number of nitrogens with one attached hydrogen (secondary N) is 2. The summed E-state index contributed by atoms with van der Waals surface area (Å²) in [5, 5.41) is 8.51. The lowest BCUT2D eigenvalue weighted by atomic mass is 10.3. The molecule has 2 N–H and O–H groups in total. The van der Waals surface area contributed by atoms with Gasteiger partial charge in [0.2, 0.25) is 0 Å². The average molecular weight is 328 g/mol. The van der Waals surface area contributed by atoms with Gasteiger partial charge < -0.3 is 15.4 Å². The molecule has 0 saturated carbocycles. The largest absolute Gasteiger partial charge is 0.497 e. The summed E-state index contributed by atoms with van der Waals surface area (Å²) in [5.41, 5.74) is -0.418. The van der Waals surface area contributed by atoms with E-state index < -0.39 is 17.9 Å². The molecule has 0 aliphatic rings. The Balaban J connectivity index is 1.79. The molecule has 2 aromatic rings. The molecule has 23 heavy (non-hydrogen) atoms. The molecule has 2 rings (SSSR count). The quantitative estimate of drug-likeness (QED) is 0.887. The minimum Gasteiger partial charge on any atom is -0.497 e. The van der Waals surface area contributed by atoms with Gasteiger partial charge in [0.25, 0.3) is 0 Å². The van der Waals surface area contributed by atoms with E-state index in [9.17, 15) is 18.0 Å². The Bertz CT molecular complexity index is 670. The molecule has 1 aromatic heterocycles. The van der Waals surface area contributed by atoms with E-state index in [2.05, 4.69) is 15.7 Å². The summed E-state index contributed by atoms with van der Waals surface area (Å²) < 4.78 is 43.3. The molecule has 2 amide bonds. The smallest absolute Gasteiger partial charge is 0.435 e. The van der Waals surface area contributed by atoms with E-state index >= 15 is 0 Å². The zero-order chi connectivity index (χ0) is 16.9. The number of hydrogen-bond donors (Lipinski definition) is 2. The number of carbonyl (C=O) groups excluding carboxylic acids is 1. The first-order valence-electron chi connectivity index (χ1n) is 6.68. The Morgan fingerprint density at radius 1 is 1.35 bits per heavy atom. The number of halogens is 3. The van der Waals surface area contributed by atoms with Crippen molar-refractivity contribution in [3.63, 3.8) is 0 Å². The van der Waals surface area contributed by atoms with Crippen molar-refractivity contribution in [3.05, 3.63) is 42.2 Å². The molecule has 0 radical (unpaired) electrons. The second-order valence-electron chi connectivity index (χ2n) is 4.57. The Kier molecular flexibility index (Phi) is 5.09. The molecule has 0 aliphatic carbocycles. The van der Waals surface area contributed by atoms with Gasteiger partial charge >= 0.3 is 12.2 Å². The summed E-state index contributed by atoms with van der Waals surface area (Å²) in [6, 6.07) is 7.20. The van der Waals surface area contributed by atoms with Gasteiger partial charge in [0.05, 0.1) is 13.7 Å². The number of alkyl halides is 3. The van der Waals surface area contributed by atoms with Crippen molar-refractivity contribution in [1.82, 2.24) is 15.1 Å². The van der Waals surface area contributed by atoms with Gasteiger partial charge in [-0.2, -0.15) is 18.3 Å². The maximum atomic E-state index is 12.4. The van der Waals surface area contributed by atoms with E-state index in [1.807, 2.05) is 0 Å². The molecule has 1 aromatic carbocycles. The fourth-order valence-electron chi connectivity index (χ4n) is 1.80. The van der Waals surface area contributed by atoms with Crippen LogP contribution in [-0.2, 0) is 12.7 Å². The third-order valence-corrected chi connectivity index (χ3v) is 2.89. The van der Waals surface area contributed by atoms with Gasteiger partial charge in [-0.3, -0.25) is 4.68 Å². The van der Waals surface area contributed by atoms with Crippen LogP contribution in [-0.4, -0.2) is 29.5 Å². The molecular formula is C14H15F3N4O2. The third kappa shape index (κ3) is 4.90. The Labute approximate surface area is 130 Å². The normalized spacial score (nSPS) is 11.1. The van der Waals surface area contributed by atoms with Gasteiger partial charge in [-0.25, -0.2) is 4.79 Å². The maximum absolute atomic E-state index is 12.4. The van der Waals surface area contributed by atoms with Crippen molar-refractivity contribution in [3.8, 4) is 5.75 Å². The van der Waals surface area contributed by atoms with Gasteiger partial charge in [-0.05, 0) is 18.2 Å². The third-order valence-electron chi connectivity index (χ3n) is 2.89. The molecule has 9 heteroatoms. The average Bonchev–Trinajstić information content (AvgIpc) is 2.96. The van der Waals surface area contributed by atoms with Gasteiger partial charge in [-0.15, -0.1) is 0 Å². The van der Waals surface area contributed by atoms with Crippen LogP contribution in [0.3, 0.4) is 0 Å². The first kappa shape index (κ1) is 16.7. The number of aromatic nitrogens is 2. The number of nitrogens with zero attached hydrogens (tertiary/aromatic N) is 2. The molecule has 0 fully saturated rings. The zero-order valence-electron chi connectivity index (χ0n) is 12.2. The fourth-order valence-corrected chi connectivity index (χ4v) is 1.80. The van der Waals surface area contributed by atoms with Crippen LogP contribution in [0.1, 0.15) is 5.69 Å². The maximum Gasteiger partial charge on any atom is 0.435 e. The van der Waals surface area contributed by atoms with Gasteiger partial charge in [-0.1, -0.05) is 6.07 Å². The first-order valence-corrected chi connectivity index (χ1v) is 6.68. The van der Waals surface area contributed by atoms with Crippen LogP contribution in [0.5, 0.6) is 5.75 Å². The molecule has 0 saturated heterocycles. The van der Waals surface area contributed by atoms with Crippen molar-refractivity contribution in [2.24, 2.45) is 0 Å². The van der Waals surface area contributed by atoms with Gasteiger partial charge in [0.15, 0.2) is 5.69 Å². The lowest BCUT2D eigenvalue weighted by Crippen LogP contribution is -2.31. The van der Waals surface area contributed by atoms with Crippen LogP contribution in [0.15, 0.2) is 36.5 Å². The first-order chi connectivity index (χ1) is 10.9. The van der Waals surface area contributed by atoms with E-state index in [0.717, 1.165) is 10.7 Å². The summed E-state index contributed by atoms with van der Waals surface area (Å²) >= 11 is 0. The van der Waals surface area contributed by atoms with E-state index in [0.29, 0.717) is 11.4 Å². The number of hydrogen-bond acceptors (Lipinski definition) is 3. The molecule has 0 bridgehead atoms. The highest BCUT2D eigenvalue weighted by Gasteiger charge is 2.33. The van der Waals surface area contributed by atoms with E-state index in [1.165, 1.54) is 13.3 Å². The molecule has 124 valence electrons. The van der Waals surface area contributed by atoms with E-state index in [-0.39, 0.29) is 13.1 Å². The summed E-state index contributed by atoms with van der Waals surface area (Å²) in [6.45, 7) is 0.260. The Hall–Kier alpha value is -2.71. The number of anilines is 1. The van der Waals surface area contributed by atoms with Crippen molar-refractivity contribution >= 4 is 11.7 Å². The number of ether oxygens (including phenoxy) is 1. The van der Waals surface area contributed by atoms with Crippen LogP contribution in [0.4, 0.5) is 23.7 Å². The molecule has 0 atom stereocenters. The predicted molar refractivity (Wildman–Crippen MR) is 77.2 cm³/mol. The number of rotatable bonds is 5. The number of urea groups is 1. The number of methoxy groups -OCH3 is 1. The molecule has 0 unspecified atom stereocenters. The molecular weight excluding hydrogens is 313 g/mol. The molecule has 6 nitrogen and oxygen atoms in total. The standard InChI is InChI=1S/C14H15F3N4O2/c1-23-11-4-2-3-10(9-11)19-13(22)18-6-8-21-7-5-12(20-21)14(15,16)17/h2-5,7,9H,6,8H2,1H3,(H2,18,19,22). The van der Waals surface area contributed by atoms with Crippen molar-refractivity contribution in [2.45, 2.75) is 12.7 Å². The minimum absolute atomic E-state index is 0.127. The summed E-state index contributed by atoms with van der Waals surface area (Å²) in [7, 11) is 1.51. The summed E-state index contributed by atoms with van der Waals surface area (Å²) in [4.78, 5) is 11.7. The Morgan fingerprint density at radius 2 is 2.13 bits per heavy atom. The van der Waals surface area contributed by atoms with Crippen LogP contribution in [0, 0.1) is 0 Å². The highest BCUT2D eigenvalue weighted by Crippen LogP contribution is 2.27. The second kappa shape index (κ2) is 7.03. The van der Waals surface area contributed by atoms with Crippen molar-refractivity contribution in [2.75, 3.05) is 19.0 Å². The highest BCUT2D eigenvalue weighted by molar-refractivity contribution is 5.89. The number of benzene rings is 1. The zero-order valence-corrected chi connectivity index (χ0v) is 12.2. The van der Waals surface area contributed by atoms with Crippen molar-refractivity contribution < 1.29 is 22.7 Å². The highest BCUT2D eigenvalue weighted by atomic mass is 19.4. The fraction of sp³-hybridized carbons (Fsp3) is 0.286. The van der Waals surface area contributed by atoms with E-state index in [1.54, 1.807) is 24.3 Å². The topological polar surface area (TPSA) is 68.2 Å². The molecule has 0 spiro atoms. The van der Waals surface area contributed by atoms with Crippen LogP contribution in [0.25, 0.3) is 0 Å². The predicted octanol–water partition coefficient (Wildman–Crippen LogP) is 2.73. The van der Waals surface area contributed by atoms with Crippen LogP contribution >= 0.6 is 0 Å². The van der Waals surface area contributed by atoms with Crippen molar-refractivity contribution in [1.29, 1.82) is 0 Å². The monoisotopic (exact) mass is 328 g/mol. The lowest BCUT2D eigenvalue weighted by molar-refractivity contribution is -0.141. The summed E-state index contributed by atoms with van der Waals surface area (Å²) in [6.07, 6.45) is -3.26. The van der Waals surface area contributed by atoms with E-state index in [4.69, 9.17) is 4.74 Å². The minimum atomic E-state index is -4.47. The Morgan fingerprint density at radius 3 is 2.78 bits per heavy atom.